The first kappa shape index (κ1) is 10.5. The average molecular weight is 218 g/mol. The van der Waals surface area contributed by atoms with E-state index in [0.29, 0.717) is 18.1 Å². The number of hydrogen-bond acceptors (Lipinski definition) is 4. The number of anilines is 1. The number of nitrogens with zero attached hydrogens (tertiary/aromatic N) is 2. The Bertz CT molecular complexity index is 492. The van der Waals surface area contributed by atoms with Crippen molar-refractivity contribution in [3.63, 3.8) is 0 Å². The van der Waals surface area contributed by atoms with Gasteiger partial charge in [0, 0.05) is 12.6 Å². The lowest BCUT2D eigenvalue weighted by Crippen LogP contribution is -2.06. The van der Waals surface area contributed by atoms with Gasteiger partial charge in [-0.1, -0.05) is 12.1 Å². The van der Waals surface area contributed by atoms with E-state index in [1.807, 2.05) is 13.1 Å². The summed E-state index contributed by atoms with van der Waals surface area (Å²) in [5.74, 6) is 0.667. The highest BCUT2D eigenvalue weighted by Crippen LogP contribution is 2.23. The lowest BCUT2D eigenvalue weighted by Gasteiger charge is -2.05. The standard InChI is InChI=1S/C11H14N4O/c1-13-7-8-6-11(12)15(14-8)9-4-2-3-5-10(9)16/h2-6,13,16H,7,12H2,1H3. The first-order chi connectivity index (χ1) is 7.72. The van der Waals surface area contributed by atoms with Crippen molar-refractivity contribution in [2.75, 3.05) is 12.8 Å². The van der Waals surface area contributed by atoms with E-state index < -0.39 is 0 Å². The Morgan fingerprint density at radius 3 is 2.88 bits per heavy atom. The molecule has 1 aromatic carbocycles. The zero-order chi connectivity index (χ0) is 11.5. The van der Waals surface area contributed by atoms with Crippen molar-refractivity contribution in [2.24, 2.45) is 0 Å². The van der Waals surface area contributed by atoms with Crippen molar-refractivity contribution < 1.29 is 5.11 Å². The second-order valence-corrected chi connectivity index (χ2v) is 3.49. The molecule has 2 rings (SSSR count). The van der Waals surface area contributed by atoms with Crippen molar-refractivity contribution in [1.29, 1.82) is 0 Å². The summed E-state index contributed by atoms with van der Waals surface area (Å²) < 4.78 is 1.53. The molecule has 0 aliphatic heterocycles. The van der Waals surface area contributed by atoms with Gasteiger partial charge in [-0.25, -0.2) is 4.68 Å². The molecule has 4 N–H and O–H groups in total. The number of rotatable bonds is 3. The van der Waals surface area contributed by atoms with Gasteiger partial charge in [0.05, 0.1) is 5.69 Å². The third-order valence-electron chi connectivity index (χ3n) is 2.26. The Morgan fingerprint density at radius 1 is 1.44 bits per heavy atom. The van der Waals surface area contributed by atoms with E-state index in [1.54, 1.807) is 24.3 Å². The van der Waals surface area contributed by atoms with Gasteiger partial charge in [0.15, 0.2) is 0 Å². The molecular weight excluding hydrogens is 204 g/mol. The molecule has 0 saturated carbocycles. The van der Waals surface area contributed by atoms with Gasteiger partial charge in [0.25, 0.3) is 0 Å². The van der Waals surface area contributed by atoms with Gasteiger partial charge in [-0.05, 0) is 19.2 Å². The van der Waals surface area contributed by atoms with E-state index in [-0.39, 0.29) is 5.75 Å². The van der Waals surface area contributed by atoms with Crippen LogP contribution in [0.4, 0.5) is 5.82 Å². The van der Waals surface area contributed by atoms with Gasteiger partial charge in [0.2, 0.25) is 0 Å². The molecule has 0 spiro atoms. The molecule has 0 unspecified atom stereocenters. The van der Waals surface area contributed by atoms with Crippen LogP contribution in [0.5, 0.6) is 5.75 Å². The van der Waals surface area contributed by atoms with Crippen LogP contribution in [0.1, 0.15) is 5.69 Å². The lowest BCUT2D eigenvalue weighted by molar-refractivity contribution is 0.470. The molecule has 0 aliphatic carbocycles. The van der Waals surface area contributed by atoms with Gasteiger partial charge in [-0.3, -0.25) is 0 Å². The summed E-state index contributed by atoms with van der Waals surface area (Å²) in [4.78, 5) is 0. The molecule has 2 aromatic rings. The zero-order valence-corrected chi connectivity index (χ0v) is 9.01. The maximum atomic E-state index is 9.70. The van der Waals surface area contributed by atoms with Crippen molar-refractivity contribution >= 4 is 5.82 Å². The second-order valence-electron chi connectivity index (χ2n) is 3.49. The molecule has 5 nitrogen and oxygen atoms in total. The summed E-state index contributed by atoms with van der Waals surface area (Å²) in [5.41, 5.74) is 7.26. The number of nitrogen functional groups attached to an aromatic ring is 1. The summed E-state index contributed by atoms with van der Waals surface area (Å²) in [7, 11) is 1.84. The van der Waals surface area contributed by atoms with Gasteiger partial charge < -0.3 is 16.2 Å². The molecule has 5 heteroatoms. The SMILES string of the molecule is CNCc1cc(N)n(-c2ccccc2O)n1. The Balaban J connectivity index is 2.44. The molecule has 0 amide bonds. The predicted octanol–water partition coefficient (Wildman–Crippen LogP) is 0.879. The molecular formula is C11H14N4O. The Hall–Kier alpha value is -2.01. The minimum absolute atomic E-state index is 0.160. The van der Waals surface area contributed by atoms with E-state index in [2.05, 4.69) is 10.4 Å². The van der Waals surface area contributed by atoms with Crippen LogP contribution in [0.15, 0.2) is 30.3 Å². The third-order valence-corrected chi connectivity index (χ3v) is 2.26. The predicted molar refractivity (Wildman–Crippen MR) is 62.4 cm³/mol. The second kappa shape index (κ2) is 4.24. The van der Waals surface area contributed by atoms with Gasteiger partial charge in [-0.2, -0.15) is 5.10 Å². The normalized spacial score (nSPS) is 10.6. The first-order valence-electron chi connectivity index (χ1n) is 4.99. The Labute approximate surface area is 93.5 Å². The molecule has 0 atom stereocenters. The average Bonchev–Trinajstić information content (AvgIpc) is 2.61. The topological polar surface area (TPSA) is 76.1 Å². The van der Waals surface area contributed by atoms with Gasteiger partial charge in [-0.15, -0.1) is 0 Å². The number of nitrogens with one attached hydrogen (secondary N) is 1. The monoisotopic (exact) mass is 218 g/mol. The molecule has 0 aliphatic rings. The minimum Gasteiger partial charge on any atom is -0.506 e. The van der Waals surface area contributed by atoms with Crippen molar-refractivity contribution in [3.8, 4) is 11.4 Å². The largest absolute Gasteiger partial charge is 0.506 e. The molecule has 1 aromatic heterocycles. The molecule has 0 saturated heterocycles. The van der Waals surface area contributed by atoms with Gasteiger partial charge in [0.1, 0.15) is 17.3 Å². The number of benzene rings is 1. The van der Waals surface area contributed by atoms with E-state index in [4.69, 9.17) is 5.73 Å². The molecule has 84 valence electrons. The molecule has 1 heterocycles. The van der Waals surface area contributed by atoms with Crippen LogP contribution in [0.25, 0.3) is 5.69 Å². The van der Waals surface area contributed by atoms with Crippen molar-refractivity contribution in [2.45, 2.75) is 6.54 Å². The zero-order valence-electron chi connectivity index (χ0n) is 9.01. The van der Waals surface area contributed by atoms with Gasteiger partial charge >= 0.3 is 0 Å². The summed E-state index contributed by atoms with van der Waals surface area (Å²) in [6.07, 6.45) is 0. The minimum atomic E-state index is 0.160. The molecule has 0 radical (unpaired) electrons. The number of aromatic nitrogens is 2. The summed E-state index contributed by atoms with van der Waals surface area (Å²) >= 11 is 0. The van der Waals surface area contributed by atoms with Crippen LogP contribution in [0.2, 0.25) is 0 Å². The number of hydrogen-bond donors (Lipinski definition) is 3. The number of phenols is 1. The Kier molecular flexibility index (Phi) is 2.78. The summed E-state index contributed by atoms with van der Waals surface area (Å²) in [6.45, 7) is 0.644. The fourth-order valence-electron chi connectivity index (χ4n) is 1.55. The van der Waals surface area contributed by atoms with Crippen LogP contribution in [-0.4, -0.2) is 21.9 Å². The van der Waals surface area contributed by atoms with Crippen LogP contribution < -0.4 is 11.1 Å². The van der Waals surface area contributed by atoms with E-state index in [0.717, 1.165) is 5.69 Å². The highest BCUT2D eigenvalue weighted by Gasteiger charge is 2.09. The quantitative estimate of drug-likeness (QED) is 0.714. The van der Waals surface area contributed by atoms with Crippen molar-refractivity contribution in [3.05, 3.63) is 36.0 Å². The van der Waals surface area contributed by atoms with Crippen LogP contribution in [-0.2, 0) is 6.54 Å². The summed E-state index contributed by atoms with van der Waals surface area (Å²) in [5, 5.41) is 17.0. The smallest absolute Gasteiger partial charge is 0.141 e. The van der Waals surface area contributed by atoms with Crippen LogP contribution in [0.3, 0.4) is 0 Å². The van der Waals surface area contributed by atoms with E-state index >= 15 is 0 Å². The van der Waals surface area contributed by atoms with E-state index in [1.165, 1.54) is 4.68 Å². The summed E-state index contributed by atoms with van der Waals surface area (Å²) in [6, 6.07) is 8.74. The van der Waals surface area contributed by atoms with Crippen LogP contribution in [0, 0.1) is 0 Å². The van der Waals surface area contributed by atoms with Crippen molar-refractivity contribution in [1.82, 2.24) is 15.1 Å². The number of aromatic hydroxyl groups is 1. The maximum absolute atomic E-state index is 9.70. The number of phenolic OH excluding ortho intramolecular Hbond substituents is 1. The third kappa shape index (κ3) is 1.85. The first-order valence-corrected chi connectivity index (χ1v) is 4.99. The van der Waals surface area contributed by atoms with E-state index in [9.17, 15) is 5.11 Å². The lowest BCUT2D eigenvalue weighted by atomic mass is 10.3. The number of para-hydroxylation sites is 2. The molecule has 0 fully saturated rings. The molecule has 16 heavy (non-hydrogen) atoms. The fourth-order valence-corrected chi connectivity index (χ4v) is 1.55. The van der Waals surface area contributed by atoms with Crippen LogP contribution >= 0.6 is 0 Å². The fraction of sp³-hybridized carbons (Fsp3) is 0.182. The number of nitrogens with two attached hydrogens (primary N) is 1. The maximum Gasteiger partial charge on any atom is 0.141 e. The highest BCUT2D eigenvalue weighted by molar-refractivity contribution is 5.50. The highest BCUT2D eigenvalue weighted by atomic mass is 16.3. The Morgan fingerprint density at radius 2 is 2.19 bits per heavy atom. The molecule has 0 bridgehead atoms.